The number of nitrogens with zero attached hydrogens (tertiary/aromatic N) is 2. The minimum absolute atomic E-state index is 0.0787. The van der Waals surface area contributed by atoms with E-state index in [-0.39, 0.29) is 22.2 Å². The molecule has 1 aromatic heterocycles. The van der Waals surface area contributed by atoms with Crippen LogP contribution in [0.1, 0.15) is 11.1 Å². The van der Waals surface area contributed by atoms with Gasteiger partial charge in [-0.1, -0.05) is 11.6 Å². The summed E-state index contributed by atoms with van der Waals surface area (Å²) in [5, 5.41) is 10.9. The summed E-state index contributed by atoms with van der Waals surface area (Å²) in [6.07, 6.45) is 2.35. The van der Waals surface area contributed by atoms with Crippen molar-refractivity contribution in [2.45, 2.75) is 0 Å². The quantitative estimate of drug-likeness (QED) is 0.555. The topological polar surface area (TPSA) is 84.0 Å². The van der Waals surface area contributed by atoms with Crippen molar-refractivity contribution in [2.24, 2.45) is 10.2 Å². The zero-order chi connectivity index (χ0) is 18.3. The van der Waals surface area contributed by atoms with Crippen LogP contribution >= 0.6 is 11.6 Å². The van der Waals surface area contributed by atoms with Gasteiger partial charge in [0, 0.05) is 10.6 Å². The highest BCUT2D eigenvalue weighted by molar-refractivity contribution is 6.54. The molecule has 4 rings (SSSR count). The van der Waals surface area contributed by atoms with E-state index in [1.807, 2.05) is 0 Å². The number of carbonyl (C=O) groups is 1. The van der Waals surface area contributed by atoms with Crippen molar-refractivity contribution >= 4 is 46.1 Å². The van der Waals surface area contributed by atoms with Crippen molar-refractivity contribution in [3.8, 4) is 0 Å². The smallest absolute Gasteiger partial charge is 0.276 e. The number of anilines is 1. The Morgan fingerprint density at radius 3 is 2.85 bits per heavy atom. The fraction of sp³-hybridized carbons (Fsp3) is 0. The molecular weight excluding hydrogens is 361 g/mol. The number of hydrogen-bond acceptors (Lipinski definition) is 5. The van der Waals surface area contributed by atoms with Crippen molar-refractivity contribution in [3.05, 3.63) is 74.9 Å². The fourth-order valence-corrected chi connectivity index (χ4v) is 2.75. The molecule has 128 valence electrons. The molecule has 0 atom stereocenters. The van der Waals surface area contributed by atoms with E-state index in [0.29, 0.717) is 16.3 Å². The maximum absolute atomic E-state index is 13.3. The third-order valence-corrected chi connectivity index (χ3v) is 4.05. The Labute approximate surface area is 150 Å². The highest BCUT2D eigenvalue weighted by Crippen LogP contribution is 2.26. The molecule has 6 nitrogen and oxygen atoms in total. The molecule has 1 aliphatic heterocycles. The van der Waals surface area contributed by atoms with Crippen LogP contribution in [0, 0.1) is 5.82 Å². The van der Waals surface area contributed by atoms with Crippen molar-refractivity contribution in [3.63, 3.8) is 0 Å². The summed E-state index contributed by atoms with van der Waals surface area (Å²) in [6, 6.07) is 8.56. The Bertz CT molecular complexity index is 1180. The van der Waals surface area contributed by atoms with Crippen LogP contribution in [-0.4, -0.2) is 17.8 Å². The normalized spacial score (nSPS) is 15.0. The number of hydrogen-bond donors (Lipinski definition) is 1. The third kappa shape index (κ3) is 2.78. The van der Waals surface area contributed by atoms with Crippen molar-refractivity contribution < 1.29 is 13.6 Å². The molecule has 0 bridgehead atoms. The Kier molecular flexibility index (Phi) is 3.85. The van der Waals surface area contributed by atoms with Crippen LogP contribution in [0.5, 0.6) is 0 Å². The van der Waals surface area contributed by atoms with E-state index < -0.39 is 17.2 Å². The SMILES string of the molecule is O=C1Nc2ccc(Cl)cc2/C1=N/N=C/c1coc2ccc(F)cc2c1=O. The van der Waals surface area contributed by atoms with Gasteiger partial charge in [0.15, 0.2) is 5.71 Å². The van der Waals surface area contributed by atoms with Gasteiger partial charge in [-0.2, -0.15) is 5.10 Å². The minimum atomic E-state index is -0.546. The van der Waals surface area contributed by atoms with E-state index in [0.717, 1.165) is 12.3 Å². The maximum atomic E-state index is 13.3. The lowest BCUT2D eigenvalue weighted by atomic mass is 10.1. The standard InChI is InChI=1S/C18H9ClFN3O3/c19-10-1-3-14-12(5-10)16(18(25)22-14)23-21-7-9-8-26-15-4-2-11(20)6-13(15)17(9)24/h1-8H,(H,22,23,25)/b21-7+. The first-order valence-corrected chi connectivity index (χ1v) is 7.84. The lowest BCUT2D eigenvalue weighted by Gasteiger charge is -1.98. The maximum Gasteiger partial charge on any atom is 0.276 e. The van der Waals surface area contributed by atoms with Gasteiger partial charge in [-0.25, -0.2) is 4.39 Å². The highest BCUT2D eigenvalue weighted by atomic mass is 35.5. The summed E-state index contributed by atoms with van der Waals surface area (Å²) in [5.74, 6) is -0.970. The lowest BCUT2D eigenvalue weighted by Crippen LogP contribution is -2.14. The Morgan fingerprint density at radius 2 is 2.00 bits per heavy atom. The Hall–Kier alpha value is -3.32. The van der Waals surface area contributed by atoms with Gasteiger partial charge in [0.25, 0.3) is 5.91 Å². The van der Waals surface area contributed by atoms with E-state index in [1.54, 1.807) is 18.2 Å². The average Bonchev–Trinajstić information content (AvgIpc) is 2.92. The predicted octanol–water partition coefficient (Wildman–Crippen LogP) is 3.36. The molecule has 0 unspecified atom stereocenters. The van der Waals surface area contributed by atoms with Gasteiger partial charge in [0.2, 0.25) is 5.43 Å². The van der Waals surface area contributed by atoms with Crippen LogP contribution in [0.25, 0.3) is 11.0 Å². The number of rotatable bonds is 2. The molecule has 0 saturated carbocycles. The van der Waals surface area contributed by atoms with Gasteiger partial charge in [0.05, 0.1) is 22.9 Å². The Balaban J connectivity index is 1.72. The minimum Gasteiger partial charge on any atom is -0.463 e. The first kappa shape index (κ1) is 16.2. The predicted molar refractivity (Wildman–Crippen MR) is 96.7 cm³/mol. The molecule has 0 spiro atoms. The molecule has 2 heterocycles. The number of amides is 1. The van der Waals surface area contributed by atoms with Crippen LogP contribution in [0.15, 0.2) is 62.1 Å². The molecule has 1 amide bonds. The first-order valence-electron chi connectivity index (χ1n) is 7.46. The highest BCUT2D eigenvalue weighted by Gasteiger charge is 2.26. The van der Waals surface area contributed by atoms with E-state index in [9.17, 15) is 14.0 Å². The number of benzene rings is 2. The number of halogens is 2. The molecule has 3 aromatic rings. The summed E-state index contributed by atoms with van der Waals surface area (Å²) >= 11 is 5.94. The number of nitrogens with one attached hydrogen (secondary N) is 1. The average molecular weight is 370 g/mol. The molecule has 1 aliphatic rings. The van der Waals surface area contributed by atoms with Gasteiger partial charge >= 0.3 is 0 Å². The van der Waals surface area contributed by atoms with Crippen LogP contribution in [0.4, 0.5) is 10.1 Å². The zero-order valence-electron chi connectivity index (χ0n) is 13.0. The van der Waals surface area contributed by atoms with Gasteiger partial charge < -0.3 is 9.73 Å². The van der Waals surface area contributed by atoms with E-state index >= 15 is 0 Å². The first-order chi connectivity index (χ1) is 12.5. The largest absolute Gasteiger partial charge is 0.463 e. The van der Waals surface area contributed by atoms with E-state index in [4.69, 9.17) is 16.0 Å². The molecular formula is C18H9ClFN3O3. The molecule has 0 aliphatic carbocycles. The van der Waals surface area contributed by atoms with Crippen molar-refractivity contribution in [2.75, 3.05) is 5.32 Å². The third-order valence-electron chi connectivity index (χ3n) is 3.82. The molecule has 26 heavy (non-hydrogen) atoms. The van der Waals surface area contributed by atoms with Crippen LogP contribution in [-0.2, 0) is 4.79 Å². The molecule has 1 N–H and O–H groups in total. The second kappa shape index (κ2) is 6.20. The van der Waals surface area contributed by atoms with Gasteiger partial charge in [-0.05, 0) is 36.4 Å². The van der Waals surface area contributed by atoms with Crippen LogP contribution in [0.3, 0.4) is 0 Å². The van der Waals surface area contributed by atoms with Gasteiger partial charge in [-0.15, -0.1) is 5.10 Å². The molecule has 8 heteroatoms. The van der Waals surface area contributed by atoms with Crippen molar-refractivity contribution in [1.29, 1.82) is 0 Å². The van der Waals surface area contributed by atoms with E-state index in [2.05, 4.69) is 15.5 Å². The second-order valence-electron chi connectivity index (χ2n) is 5.50. The van der Waals surface area contributed by atoms with Crippen LogP contribution < -0.4 is 10.7 Å². The van der Waals surface area contributed by atoms with Gasteiger partial charge in [-0.3, -0.25) is 9.59 Å². The van der Waals surface area contributed by atoms with E-state index in [1.165, 1.54) is 18.4 Å². The monoisotopic (exact) mass is 369 g/mol. The number of carbonyl (C=O) groups excluding carboxylic acids is 1. The summed E-state index contributed by atoms with van der Waals surface area (Å²) in [5.41, 5.74) is 1.07. The summed E-state index contributed by atoms with van der Waals surface area (Å²) in [6.45, 7) is 0. The summed E-state index contributed by atoms with van der Waals surface area (Å²) in [4.78, 5) is 24.3. The molecule has 0 radical (unpaired) electrons. The molecule has 2 aromatic carbocycles. The molecule has 0 fully saturated rings. The van der Waals surface area contributed by atoms with Gasteiger partial charge in [0.1, 0.15) is 17.7 Å². The Morgan fingerprint density at radius 1 is 1.15 bits per heavy atom. The summed E-state index contributed by atoms with van der Waals surface area (Å²) in [7, 11) is 0. The zero-order valence-corrected chi connectivity index (χ0v) is 13.7. The molecule has 0 saturated heterocycles. The number of fused-ring (bicyclic) bond motifs is 2. The second-order valence-corrected chi connectivity index (χ2v) is 5.93. The fourth-order valence-electron chi connectivity index (χ4n) is 2.58. The summed E-state index contributed by atoms with van der Waals surface area (Å²) < 4.78 is 18.6. The van der Waals surface area contributed by atoms with Crippen LogP contribution in [0.2, 0.25) is 5.02 Å². The lowest BCUT2D eigenvalue weighted by molar-refractivity contribution is -0.110. The van der Waals surface area contributed by atoms with Crippen molar-refractivity contribution in [1.82, 2.24) is 0 Å².